The number of benzene rings is 2. The number of halogens is 1. The van der Waals surface area contributed by atoms with Gasteiger partial charge in [-0.05, 0) is 48.9 Å². The fourth-order valence-corrected chi connectivity index (χ4v) is 1.68. The molecule has 2 aromatic carbocycles. The number of nitrogens with two attached hydrogens (primary N) is 1. The molecule has 0 fully saturated rings. The van der Waals surface area contributed by atoms with Crippen LogP contribution < -0.4 is 15.8 Å². The molecule has 0 aliphatic heterocycles. The first-order chi connectivity index (χ1) is 9.04. The van der Waals surface area contributed by atoms with Crippen LogP contribution in [0.3, 0.4) is 0 Å². The Morgan fingerprint density at radius 2 is 1.89 bits per heavy atom. The van der Waals surface area contributed by atoms with Gasteiger partial charge in [0.2, 0.25) is 0 Å². The SMILES string of the molecule is Cc1ccc(Cl)cc1NC(=O)Oc1ccc(N)cc1. The molecule has 0 saturated heterocycles. The average Bonchev–Trinajstić information content (AvgIpc) is 2.37. The van der Waals surface area contributed by atoms with E-state index in [-0.39, 0.29) is 0 Å². The third-order valence-corrected chi connectivity index (χ3v) is 2.76. The van der Waals surface area contributed by atoms with Crippen molar-refractivity contribution in [3.63, 3.8) is 0 Å². The van der Waals surface area contributed by atoms with Gasteiger partial charge in [-0.2, -0.15) is 0 Å². The number of aryl methyl sites for hydroxylation is 1. The maximum Gasteiger partial charge on any atom is 0.417 e. The van der Waals surface area contributed by atoms with Crippen LogP contribution in [0, 0.1) is 6.92 Å². The number of amides is 1. The van der Waals surface area contributed by atoms with Gasteiger partial charge in [0.25, 0.3) is 0 Å². The summed E-state index contributed by atoms with van der Waals surface area (Å²) in [4.78, 5) is 11.7. The van der Waals surface area contributed by atoms with Crippen molar-refractivity contribution < 1.29 is 9.53 Å². The Balaban J connectivity index is 2.05. The van der Waals surface area contributed by atoms with Crippen LogP contribution in [0.1, 0.15) is 5.56 Å². The standard InChI is InChI=1S/C14H13ClN2O2/c1-9-2-3-10(15)8-13(9)17-14(18)19-12-6-4-11(16)5-7-12/h2-8H,16H2,1H3,(H,17,18). The van der Waals surface area contributed by atoms with Crippen LogP contribution in [0.15, 0.2) is 42.5 Å². The lowest BCUT2D eigenvalue weighted by atomic mass is 10.2. The number of carbonyl (C=O) groups is 1. The second-order valence-electron chi connectivity index (χ2n) is 4.04. The Morgan fingerprint density at radius 3 is 2.58 bits per heavy atom. The minimum absolute atomic E-state index is 0.423. The smallest absolute Gasteiger partial charge is 0.410 e. The largest absolute Gasteiger partial charge is 0.417 e. The van der Waals surface area contributed by atoms with Crippen LogP contribution in [0.2, 0.25) is 5.02 Å². The van der Waals surface area contributed by atoms with E-state index in [4.69, 9.17) is 22.1 Å². The fraction of sp³-hybridized carbons (Fsp3) is 0.0714. The number of hydrogen-bond acceptors (Lipinski definition) is 3. The summed E-state index contributed by atoms with van der Waals surface area (Å²) in [6, 6.07) is 11.8. The van der Waals surface area contributed by atoms with Gasteiger partial charge in [-0.1, -0.05) is 17.7 Å². The van der Waals surface area contributed by atoms with Crippen molar-refractivity contribution in [1.82, 2.24) is 0 Å². The first-order valence-corrected chi connectivity index (χ1v) is 6.03. The summed E-state index contributed by atoms with van der Waals surface area (Å²) >= 11 is 5.87. The van der Waals surface area contributed by atoms with Gasteiger partial charge in [-0.3, -0.25) is 5.32 Å². The lowest BCUT2D eigenvalue weighted by molar-refractivity contribution is 0.215. The summed E-state index contributed by atoms with van der Waals surface area (Å²) in [5.74, 6) is 0.423. The maximum atomic E-state index is 11.7. The zero-order valence-corrected chi connectivity index (χ0v) is 11.1. The van der Waals surface area contributed by atoms with Crippen molar-refractivity contribution >= 4 is 29.1 Å². The first-order valence-electron chi connectivity index (χ1n) is 5.65. The molecule has 1 amide bonds. The molecule has 3 N–H and O–H groups in total. The Bertz CT molecular complexity index is 597. The van der Waals surface area contributed by atoms with Crippen LogP contribution in [0.25, 0.3) is 0 Å². The molecular weight excluding hydrogens is 264 g/mol. The van der Waals surface area contributed by atoms with E-state index in [2.05, 4.69) is 5.32 Å². The molecule has 98 valence electrons. The van der Waals surface area contributed by atoms with Crippen molar-refractivity contribution in [3.8, 4) is 5.75 Å². The minimum atomic E-state index is -0.574. The van der Waals surface area contributed by atoms with E-state index in [0.29, 0.717) is 22.1 Å². The second-order valence-corrected chi connectivity index (χ2v) is 4.48. The van der Waals surface area contributed by atoms with E-state index >= 15 is 0 Å². The Labute approximate surface area is 116 Å². The minimum Gasteiger partial charge on any atom is -0.410 e. The molecule has 0 saturated carbocycles. The summed E-state index contributed by atoms with van der Waals surface area (Å²) in [5, 5.41) is 3.19. The van der Waals surface area contributed by atoms with Crippen LogP contribution in [-0.2, 0) is 0 Å². The van der Waals surface area contributed by atoms with Gasteiger partial charge in [-0.25, -0.2) is 4.79 Å². The van der Waals surface area contributed by atoms with Gasteiger partial charge in [0.05, 0.1) is 0 Å². The number of nitrogen functional groups attached to an aromatic ring is 1. The number of ether oxygens (including phenoxy) is 1. The van der Waals surface area contributed by atoms with Crippen LogP contribution in [-0.4, -0.2) is 6.09 Å². The zero-order valence-electron chi connectivity index (χ0n) is 10.3. The summed E-state index contributed by atoms with van der Waals surface area (Å²) in [7, 11) is 0. The van der Waals surface area contributed by atoms with Gasteiger partial charge < -0.3 is 10.5 Å². The maximum absolute atomic E-state index is 11.7. The molecule has 0 aliphatic rings. The molecular formula is C14H13ClN2O2. The molecule has 2 aromatic rings. The highest BCUT2D eigenvalue weighted by atomic mass is 35.5. The van der Waals surface area contributed by atoms with Gasteiger partial charge in [0.1, 0.15) is 5.75 Å². The fourth-order valence-electron chi connectivity index (χ4n) is 1.51. The van der Waals surface area contributed by atoms with Crippen LogP contribution >= 0.6 is 11.6 Å². The third-order valence-electron chi connectivity index (χ3n) is 2.53. The van der Waals surface area contributed by atoms with Crippen molar-refractivity contribution in [1.29, 1.82) is 0 Å². The van der Waals surface area contributed by atoms with Gasteiger partial charge in [0, 0.05) is 16.4 Å². The monoisotopic (exact) mass is 276 g/mol. The molecule has 0 atom stereocenters. The van der Waals surface area contributed by atoms with E-state index < -0.39 is 6.09 Å². The predicted molar refractivity (Wildman–Crippen MR) is 76.7 cm³/mol. The first kappa shape index (κ1) is 13.2. The number of nitrogens with one attached hydrogen (secondary N) is 1. The molecule has 0 heterocycles. The highest BCUT2D eigenvalue weighted by Gasteiger charge is 2.07. The predicted octanol–water partition coefficient (Wildman–Crippen LogP) is 3.84. The topological polar surface area (TPSA) is 64.3 Å². The summed E-state index contributed by atoms with van der Waals surface area (Å²) in [6.45, 7) is 1.87. The van der Waals surface area contributed by atoms with Crippen molar-refractivity contribution in [3.05, 3.63) is 53.1 Å². The van der Waals surface area contributed by atoms with E-state index in [9.17, 15) is 4.79 Å². The molecule has 2 rings (SSSR count). The number of carbonyl (C=O) groups excluding carboxylic acids is 1. The summed E-state index contributed by atoms with van der Waals surface area (Å²) < 4.78 is 5.12. The molecule has 0 aliphatic carbocycles. The molecule has 19 heavy (non-hydrogen) atoms. The van der Waals surface area contributed by atoms with Crippen molar-refractivity contribution in [2.75, 3.05) is 11.1 Å². The lowest BCUT2D eigenvalue weighted by Crippen LogP contribution is -2.17. The number of rotatable bonds is 2. The van der Waals surface area contributed by atoms with Gasteiger partial charge >= 0.3 is 6.09 Å². The molecule has 4 nitrogen and oxygen atoms in total. The molecule has 0 spiro atoms. The Kier molecular flexibility index (Phi) is 3.92. The van der Waals surface area contributed by atoms with Crippen LogP contribution in [0.4, 0.5) is 16.2 Å². The quantitative estimate of drug-likeness (QED) is 0.819. The summed E-state index contributed by atoms with van der Waals surface area (Å²) in [6.07, 6.45) is -0.574. The molecule has 0 bridgehead atoms. The van der Waals surface area contributed by atoms with Gasteiger partial charge in [0.15, 0.2) is 0 Å². The number of anilines is 2. The van der Waals surface area contributed by atoms with E-state index in [1.54, 1.807) is 36.4 Å². The normalized spacial score (nSPS) is 10.0. The molecule has 0 aromatic heterocycles. The highest BCUT2D eigenvalue weighted by molar-refractivity contribution is 6.31. The van der Waals surface area contributed by atoms with Crippen LogP contribution in [0.5, 0.6) is 5.75 Å². The number of hydrogen-bond donors (Lipinski definition) is 2. The molecule has 5 heteroatoms. The zero-order chi connectivity index (χ0) is 13.8. The Morgan fingerprint density at radius 1 is 1.21 bits per heavy atom. The highest BCUT2D eigenvalue weighted by Crippen LogP contribution is 2.21. The van der Waals surface area contributed by atoms with Gasteiger partial charge in [-0.15, -0.1) is 0 Å². The van der Waals surface area contributed by atoms with E-state index in [0.717, 1.165) is 5.56 Å². The average molecular weight is 277 g/mol. The van der Waals surface area contributed by atoms with Crippen molar-refractivity contribution in [2.24, 2.45) is 0 Å². The second kappa shape index (κ2) is 5.63. The third kappa shape index (κ3) is 3.63. The van der Waals surface area contributed by atoms with Crippen molar-refractivity contribution in [2.45, 2.75) is 6.92 Å². The lowest BCUT2D eigenvalue weighted by Gasteiger charge is -2.09. The Hall–Kier alpha value is -2.20. The van der Waals surface area contributed by atoms with E-state index in [1.165, 1.54) is 0 Å². The molecule has 0 unspecified atom stereocenters. The summed E-state index contributed by atoms with van der Waals surface area (Å²) in [5.41, 5.74) is 7.68. The molecule has 0 radical (unpaired) electrons. The van der Waals surface area contributed by atoms with E-state index in [1.807, 2.05) is 13.0 Å².